The van der Waals surface area contributed by atoms with Crippen LogP contribution in [0.1, 0.15) is 64.2 Å². The van der Waals surface area contributed by atoms with Crippen molar-refractivity contribution in [2.24, 2.45) is 0 Å². The second kappa shape index (κ2) is 7.82. The Balaban J connectivity index is 1.65. The van der Waals surface area contributed by atoms with Crippen molar-refractivity contribution in [1.82, 2.24) is 0 Å². The van der Waals surface area contributed by atoms with Crippen molar-refractivity contribution < 1.29 is 5.11 Å². The maximum atomic E-state index is 10.6. The van der Waals surface area contributed by atoms with Gasteiger partial charge in [0.2, 0.25) is 0 Å². The molecule has 116 valence electrons. The van der Waals surface area contributed by atoms with E-state index >= 15 is 0 Å². The fourth-order valence-electron chi connectivity index (χ4n) is 3.42. The van der Waals surface area contributed by atoms with E-state index in [1.165, 1.54) is 64.2 Å². The van der Waals surface area contributed by atoms with E-state index in [0.717, 1.165) is 9.79 Å². The van der Waals surface area contributed by atoms with E-state index in [1.54, 1.807) is 0 Å². The van der Waals surface area contributed by atoms with Gasteiger partial charge in [0, 0.05) is 10.5 Å². The van der Waals surface area contributed by atoms with Crippen LogP contribution < -0.4 is 0 Å². The Morgan fingerprint density at radius 3 is 1.57 bits per heavy atom. The summed E-state index contributed by atoms with van der Waals surface area (Å²) in [5.74, 6) is 0.545. The van der Waals surface area contributed by atoms with Crippen LogP contribution in [0.15, 0.2) is 28.0 Å². The van der Waals surface area contributed by atoms with Crippen LogP contribution in [-0.2, 0) is 0 Å². The molecule has 3 rings (SSSR count). The maximum Gasteiger partial charge on any atom is 0.142 e. The third-order valence-corrected chi connectivity index (χ3v) is 7.43. The van der Waals surface area contributed by atoms with E-state index < -0.39 is 0 Å². The molecule has 0 bridgehead atoms. The van der Waals surface area contributed by atoms with Gasteiger partial charge < -0.3 is 5.11 Å². The number of thioether (sulfide) groups is 2. The van der Waals surface area contributed by atoms with E-state index in [4.69, 9.17) is 0 Å². The Morgan fingerprint density at radius 1 is 0.714 bits per heavy atom. The van der Waals surface area contributed by atoms with E-state index in [1.807, 2.05) is 23.5 Å². The lowest BCUT2D eigenvalue weighted by Gasteiger charge is -2.23. The summed E-state index contributed by atoms with van der Waals surface area (Å²) >= 11 is 3.81. The molecule has 0 spiro atoms. The first kappa shape index (κ1) is 15.6. The summed E-state index contributed by atoms with van der Waals surface area (Å²) in [6.07, 6.45) is 13.4. The van der Waals surface area contributed by atoms with Gasteiger partial charge in [0.05, 0.1) is 9.79 Å². The minimum absolute atomic E-state index is 0.545. The number of benzene rings is 1. The van der Waals surface area contributed by atoms with Crippen molar-refractivity contribution in [2.45, 2.75) is 84.5 Å². The quantitative estimate of drug-likeness (QED) is 0.708. The summed E-state index contributed by atoms with van der Waals surface area (Å²) in [6.45, 7) is 0. The molecule has 0 saturated heterocycles. The predicted octanol–water partition coefficient (Wildman–Crippen LogP) is 6.24. The molecule has 0 amide bonds. The molecule has 0 unspecified atom stereocenters. The first-order chi connectivity index (χ1) is 10.3. The Kier molecular flexibility index (Phi) is 5.82. The molecular weight excluding hydrogens is 296 g/mol. The van der Waals surface area contributed by atoms with Crippen LogP contribution in [0.4, 0.5) is 0 Å². The molecule has 0 aromatic heterocycles. The second-order valence-corrected chi connectivity index (χ2v) is 9.04. The third-order valence-electron chi connectivity index (χ3n) is 4.65. The van der Waals surface area contributed by atoms with Gasteiger partial charge in [-0.05, 0) is 37.8 Å². The summed E-state index contributed by atoms with van der Waals surface area (Å²) in [5, 5.41) is 12.0. The van der Waals surface area contributed by atoms with Crippen molar-refractivity contribution in [3.63, 3.8) is 0 Å². The van der Waals surface area contributed by atoms with Crippen LogP contribution in [-0.4, -0.2) is 15.6 Å². The van der Waals surface area contributed by atoms with E-state index in [0.29, 0.717) is 16.2 Å². The maximum absolute atomic E-state index is 10.6. The van der Waals surface area contributed by atoms with Gasteiger partial charge in [-0.1, -0.05) is 44.6 Å². The highest BCUT2D eigenvalue weighted by molar-refractivity contribution is 8.00. The van der Waals surface area contributed by atoms with Crippen molar-refractivity contribution in [3.8, 4) is 5.75 Å². The molecule has 2 aliphatic carbocycles. The fraction of sp³-hybridized carbons (Fsp3) is 0.667. The van der Waals surface area contributed by atoms with Crippen molar-refractivity contribution in [1.29, 1.82) is 0 Å². The zero-order valence-electron chi connectivity index (χ0n) is 12.7. The average molecular weight is 323 g/mol. The van der Waals surface area contributed by atoms with Gasteiger partial charge in [-0.25, -0.2) is 0 Å². The number of phenolic OH excluding ortho intramolecular Hbond substituents is 1. The van der Waals surface area contributed by atoms with Crippen LogP contribution in [0.25, 0.3) is 0 Å². The summed E-state index contributed by atoms with van der Waals surface area (Å²) in [6, 6.07) is 6.31. The number of phenols is 1. The second-order valence-electron chi connectivity index (χ2n) is 6.36. The smallest absolute Gasteiger partial charge is 0.142 e. The van der Waals surface area contributed by atoms with Crippen molar-refractivity contribution in [3.05, 3.63) is 18.2 Å². The van der Waals surface area contributed by atoms with Gasteiger partial charge in [0.1, 0.15) is 5.75 Å². The molecule has 2 saturated carbocycles. The number of aromatic hydroxyl groups is 1. The van der Waals surface area contributed by atoms with Gasteiger partial charge in [-0.3, -0.25) is 0 Å². The third kappa shape index (κ3) is 4.35. The minimum atomic E-state index is 0.545. The molecular formula is C18H26OS2. The summed E-state index contributed by atoms with van der Waals surface area (Å²) in [5.41, 5.74) is 0. The molecule has 3 heteroatoms. The van der Waals surface area contributed by atoms with Gasteiger partial charge in [-0.2, -0.15) is 0 Å². The Labute approximate surface area is 137 Å². The Morgan fingerprint density at radius 2 is 1.14 bits per heavy atom. The zero-order valence-corrected chi connectivity index (χ0v) is 14.4. The lowest BCUT2D eigenvalue weighted by Crippen LogP contribution is -2.08. The number of hydrogen-bond acceptors (Lipinski definition) is 3. The number of rotatable bonds is 4. The van der Waals surface area contributed by atoms with Gasteiger partial charge in [0.15, 0.2) is 0 Å². The molecule has 0 radical (unpaired) electrons. The monoisotopic (exact) mass is 322 g/mol. The molecule has 1 aromatic rings. The molecule has 0 aliphatic heterocycles. The topological polar surface area (TPSA) is 20.2 Å². The van der Waals surface area contributed by atoms with Gasteiger partial charge in [0.25, 0.3) is 0 Å². The number of hydrogen-bond donors (Lipinski definition) is 1. The summed E-state index contributed by atoms with van der Waals surface area (Å²) < 4.78 is 0. The van der Waals surface area contributed by atoms with E-state index in [9.17, 15) is 5.11 Å². The molecule has 0 heterocycles. The first-order valence-corrected chi connectivity index (χ1v) is 10.2. The Bertz CT molecular complexity index is 410. The van der Waals surface area contributed by atoms with Crippen LogP contribution in [0, 0.1) is 0 Å². The highest BCUT2D eigenvalue weighted by Gasteiger charge is 2.20. The van der Waals surface area contributed by atoms with Crippen LogP contribution in [0.5, 0.6) is 5.75 Å². The molecule has 1 N–H and O–H groups in total. The largest absolute Gasteiger partial charge is 0.506 e. The lowest BCUT2D eigenvalue weighted by molar-refractivity contribution is 0.447. The average Bonchev–Trinajstić information content (AvgIpc) is 2.53. The van der Waals surface area contributed by atoms with Gasteiger partial charge in [-0.15, -0.1) is 23.5 Å². The zero-order chi connectivity index (χ0) is 14.5. The van der Waals surface area contributed by atoms with Crippen LogP contribution >= 0.6 is 23.5 Å². The fourth-order valence-corrected chi connectivity index (χ4v) is 6.10. The van der Waals surface area contributed by atoms with Gasteiger partial charge >= 0.3 is 0 Å². The molecule has 21 heavy (non-hydrogen) atoms. The molecule has 0 atom stereocenters. The highest BCUT2D eigenvalue weighted by Crippen LogP contribution is 2.44. The molecule has 1 aromatic carbocycles. The standard InChI is InChI=1S/C18H26OS2/c19-18-16(20-14-8-3-1-4-9-14)12-7-13-17(18)21-15-10-5-2-6-11-15/h7,12-15,19H,1-6,8-11H2. The predicted molar refractivity (Wildman–Crippen MR) is 93.6 cm³/mol. The minimum Gasteiger partial charge on any atom is -0.506 e. The molecule has 2 aliphatic rings. The summed E-state index contributed by atoms with van der Waals surface area (Å²) in [4.78, 5) is 2.20. The highest BCUT2D eigenvalue weighted by atomic mass is 32.2. The lowest BCUT2D eigenvalue weighted by atomic mass is 10.0. The normalized spacial score (nSPS) is 21.5. The van der Waals surface area contributed by atoms with E-state index in [2.05, 4.69) is 18.2 Å². The first-order valence-electron chi connectivity index (χ1n) is 8.48. The van der Waals surface area contributed by atoms with Crippen molar-refractivity contribution >= 4 is 23.5 Å². The van der Waals surface area contributed by atoms with Crippen LogP contribution in [0.2, 0.25) is 0 Å². The molecule has 2 fully saturated rings. The number of para-hydroxylation sites is 1. The Hall–Kier alpha value is -0.280. The van der Waals surface area contributed by atoms with Crippen molar-refractivity contribution in [2.75, 3.05) is 0 Å². The van der Waals surface area contributed by atoms with Crippen LogP contribution in [0.3, 0.4) is 0 Å². The molecule has 1 nitrogen and oxygen atoms in total. The summed E-state index contributed by atoms with van der Waals surface area (Å²) in [7, 11) is 0. The van der Waals surface area contributed by atoms with E-state index in [-0.39, 0.29) is 0 Å². The SMILES string of the molecule is Oc1c(SC2CCCCC2)cccc1SC1CCCCC1.